The minimum Gasteiger partial charge on any atom is -0.369 e. The molecule has 0 aromatic heterocycles. The van der Waals surface area contributed by atoms with Crippen LogP contribution in [0.1, 0.15) is 85.1 Å². The summed E-state index contributed by atoms with van der Waals surface area (Å²) in [5.41, 5.74) is 4.91. The molecule has 0 saturated heterocycles. The summed E-state index contributed by atoms with van der Waals surface area (Å²) in [6, 6.07) is 0. The maximum Gasteiger partial charge on any atom is 0.223 e. The Morgan fingerprint density at radius 3 is 1.28 bits per heavy atom. The maximum atomic E-state index is 11.1. The molecule has 0 aliphatic heterocycles. The van der Waals surface area contributed by atoms with E-state index in [1.807, 2.05) is 67.6 Å². The third-order valence-corrected chi connectivity index (χ3v) is 2.73. The topological polar surface area (TPSA) is 105 Å². The Labute approximate surface area is 186 Å². The predicted octanol–water partition coefficient (Wildman–Crippen LogP) is 4.65. The first-order valence-electron chi connectivity index (χ1n) is 7.76. The molecule has 7 heteroatoms. The first kappa shape index (κ1) is 63.1. The van der Waals surface area contributed by atoms with E-state index in [1.54, 1.807) is 0 Å². The molecule has 0 rings (SSSR count). The molecule has 0 heterocycles. The third-order valence-electron chi connectivity index (χ3n) is 2.73. The number of amides is 2. The number of hydrogen-bond acceptors (Lipinski definition) is 5. The lowest BCUT2D eigenvalue weighted by Crippen LogP contribution is -2.36. The number of nitrogens with two attached hydrogens (primary N) is 1. The van der Waals surface area contributed by atoms with Crippen molar-refractivity contribution in [1.29, 1.82) is 0 Å². The second-order valence-electron chi connectivity index (χ2n) is 5.30. The second-order valence-corrected chi connectivity index (χ2v) is 5.30. The largest absolute Gasteiger partial charge is 0.369 e. The van der Waals surface area contributed by atoms with E-state index in [0.29, 0.717) is 6.67 Å². The highest BCUT2D eigenvalue weighted by molar-refractivity contribution is 5.78. The number of nitrogens with zero attached hydrogens (tertiary/aromatic N) is 1. The van der Waals surface area contributed by atoms with Gasteiger partial charge in [-0.1, -0.05) is 72.3 Å². The van der Waals surface area contributed by atoms with Crippen LogP contribution in [0.15, 0.2) is 0 Å². The Kier molecular flexibility index (Phi) is 109. The molecule has 188 valence electrons. The number of nitrogens with one attached hydrogen (secondary N) is 2. The fourth-order valence-electron chi connectivity index (χ4n) is 0.797. The summed E-state index contributed by atoms with van der Waals surface area (Å²) in [4.78, 5) is 31.2. The van der Waals surface area contributed by atoms with Gasteiger partial charge in [0.1, 0.15) is 6.79 Å². The summed E-state index contributed by atoms with van der Waals surface area (Å²) in [6.07, 6.45) is 1.74. The summed E-state index contributed by atoms with van der Waals surface area (Å²) >= 11 is 0. The molecule has 2 amide bonds. The quantitative estimate of drug-likeness (QED) is 0.532. The fourth-order valence-corrected chi connectivity index (χ4v) is 0.797. The molecule has 0 saturated carbocycles. The molecule has 0 aliphatic carbocycles. The molecule has 0 radical (unpaired) electrons. The van der Waals surface area contributed by atoms with Gasteiger partial charge in [0.2, 0.25) is 11.8 Å². The van der Waals surface area contributed by atoms with E-state index < -0.39 is 0 Å². The zero-order valence-corrected chi connectivity index (χ0v) is 16.2. The van der Waals surface area contributed by atoms with Gasteiger partial charge in [-0.05, 0) is 41.0 Å². The average Bonchev–Trinajstić information content (AvgIpc) is 2.53. The summed E-state index contributed by atoms with van der Waals surface area (Å²) in [5.74, 6) is 0.110. The van der Waals surface area contributed by atoms with Crippen molar-refractivity contribution in [3.05, 3.63) is 0 Å². The first-order chi connectivity index (χ1) is 10.7. The second kappa shape index (κ2) is 50.4. The summed E-state index contributed by atoms with van der Waals surface area (Å²) in [5, 5.41) is 5.57. The standard InChI is InChI=1S/C8H18N2O.C5H11NO.C2H7N.CH2O.6CH4/c1-5-7(2)8(11)9-6-10(3)4;1-3-4(2)5(6)7;1-3-2;1-2;;;;;;/h7H,5-6H2,1-4H3,(H,9,11);4H,3H2,1-2H3,(H2,6,7);3H,1-2H3;1H2;6*1H4. The van der Waals surface area contributed by atoms with Crippen LogP contribution < -0.4 is 16.4 Å². The normalized spacial score (nSPS) is 9.00. The lowest BCUT2D eigenvalue weighted by Gasteiger charge is -2.13. The lowest BCUT2D eigenvalue weighted by molar-refractivity contribution is -0.125. The van der Waals surface area contributed by atoms with Gasteiger partial charge in [-0.2, -0.15) is 0 Å². The third kappa shape index (κ3) is 66.2. The van der Waals surface area contributed by atoms with Gasteiger partial charge >= 0.3 is 0 Å². The molecule has 2 unspecified atom stereocenters. The van der Waals surface area contributed by atoms with Gasteiger partial charge in [0.05, 0.1) is 6.67 Å². The van der Waals surface area contributed by atoms with E-state index in [0.717, 1.165) is 12.8 Å². The van der Waals surface area contributed by atoms with Crippen molar-refractivity contribution < 1.29 is 14.4 Å². The SMILES string of the molecule is C.C.C.C.C.C.C=O.CCC(C)C(=O)NCN(C)C.CCC(C)C(N)=O.CNC. The monoisotopic (exact) mass is 430 g/mol. The van der Waals surface area contributed by atoms with Gasteiger partial charge in [0, 0.05) is 11.8 Å². The van der Waals surface area contributed by atoms with Crippen molar-refractivity contribution in [3.63, 3.8) is 0 Å². The molecule has 0 aromatic rings. The highest BCUT2D eigenvalue weighted by Crippen LogP contribution is 1.98. The molecule has 29 heavy (non-hydrogen) atoms. The molecule has 0 spiro atoms. The maximum absolute atomic E-state index is 11.1. The van der Waals surface area contributed by atoms with E-state index in [4.69, 9.17) is 10.5 Å². The lowest BCUT2D eigenvalue weighted by atomic mass is 10.1. The molecule has 0 aliphatic rings. The minimum absolute atomic E-state index is 0. The molecule has 4 N–H and O–H groups in total. The van der Waals surface area contributed by atoms with Crippen LogP contribution >= 0.6 is 0 Å². The summed E-state index contributed by atoms with van der Waals surface area (Å²) in [7, 11) is 7.60. The number of rotatable bonds is 6. The highest BCUT2D eigenvalue weighted by atomic mass is 16.2. The number of hydrogen-bond donors (Lipinski definition) is 3. The van der Waals surface area contributed by atoms with Crippen LogP contribution in [0.4, 0.5) is 0 Å². The van der Waals surface area contributed by atoms with Crippen molar-refractivity contribution in [3.8, 4) is 0 Å². The first-order valence-corrected chi connectivity index (χ1v) is 7.76. The van der Waals surface area contributed by atoms with Crippen LogP contribution in [0.2, 0.25) is 0 Å². The van der Waals surface area contributed by atoms with Crippen LogP contribution in [-0.4, -0.2) is 58.4 Å². The van der Waals surface area contributed by atoms with Gasteiger partial charge in [0.25, 0.3) is 0 Å². The van der Waals surface area contributed by atoms with E-state index in [-0.39, 0.29) is 68.2 Å². The van der Waals surface area contributed by atoms with Crippen molar-refractivity contribution in [2.45, 2.75) is 85.1 Å². The Morgan fingerprint density at radius 2 is 1.14 bits per heavy atom. The van der Waals surface area contributed by atoms with Crippen LogP contribution in [0, 0.1) is 11.8 Å². The van der Waals surface area contributed by atoms with Crippen molar-refractivity contribution in [1.82, 2.24) is 15.5 Å². The molecule has 0 fully saturated rings. The molecular weight excluding hydrogens is 368 g/mol. The number of primary amides is 1. The summed E-state index contributed by atoms with van der Waals surface area (Å²) in [6.45, 7) is 10.3. The predicted molar refractivity (Wildman–Crippen MR) is 137 cm³/mol. The fraction of sp³-hybridized carbons (Fsp3) is 0.864. The van der Waals surface area contributed by atoms with Crippen molar-refractivity contribution in [2.75, 3.05) is 34.9 Å². The van der Waals surface area contributed by atoms with E-state index >= 15 is 0 Å². The van der Waals surface area contributed by atoms with E-state index in [1.165, 1.54) is 0 Å². The molecule has 0 aromatic carbocycles. The molecular formula is C22H62N4O3. The smallest absolute Gasteiger partial charge is 0.223 e. The van der Waals surface area contributed by atoms with Crippen molar-refractivity contribution in [2.24, 2.45) is 17.6 Å². The molecule has 7 nitrogen and oxygen atoms in total. The average molecular weight is 431 g/mol. The Hall–Kier alpha value is -1.47. The number of carbonyl (C=O) groups is 3. The summed E-state index contributed by atoms with van der Waals surface area (Å²) < 4.78 is 0. The van der Waals surface area contributed by atoms with Crippen LogP contribution in [0.3, 0.4) is 0 Å². The van der Waals surface area contributed by atoms with Gasteiger partial charge in [-0.25, -0.2) is 0 Å². The Balaban J connectivity index is -0.0000000224. The van der Waals surface area contributed by atoms with Crippen LogP contribution in [0.25, 0.3) is 0 Å². The Bertz CT molecular complexity index is 277. The zero-order chi connectivity index (χ0) is 19.4. The van der Waals surface area contributed by atoms with Gasteiger partial charge < -0.3 is 21.2 Å². The van der Waals surface area contributed by atoms with Gasteiger partial charge in [0.15, 0.2) is 0 Å². The number of carbonyl (C=O) groups excluding carboxylic acids is 3. The highest BCUT2D eigenvalue weighted by Gasteiger charge is 2.08. The molecule has 0 bridgehead atoms. The van der Waals surface area contributed by atoms with Gasteiger partial charge in [-0.15, -0.1) is 0 Å². The van der Waals surface area contributed by atoms with Crippen molar-refractivity contribution >= 4 is 18.6 Å². The minimum atomic E-state index is -0.206. The van der Waals surface area contributed by atoms with Crippen LogP contribution in [0.5, 0.6) is 0 Å². The zero-order valence-electron chi connectivity index (χ0n) is 16.2. The van der Waals surface area contributed by atoms with Crippen LogP contribution in [-0.2, 0) is 14.4 Å². The van der Waals surface area contributed by atoms with E-state index in [2.05, 4.69) is 10.6 Å². The Morgan fingerprint density at radius 1 is 0.862 bits per heavy atom. The van der Waals surface area contributed by atoms with Gasteiger partial charge in [-0.3, -0.25) is 14.5 Å². The van der Waals surface area contributed by atoms with E-state index in [9.17, 15) is 9.59 Å². The molecule has 2 atom stereocenters.